The second-order valence-corrected chi connectivity index (χ2v) is 5.14. The Morgan fingerprint density at radius 1 is 1.50 bits per heavy atom. The maximum atomic E-state index is 10.6. The standard InChI is InChI=1S/C12H17NO4S/c1-8(6-11(14)15)18-7-9-12(17-3)10(16-2)4-5-13-9/h4-5,8H,6-7H2,1-3H3,(H,14,15). The van der Waals surface area contributed by atoms with Gasteiger partial charge in [0.25, 0.3) is 0 Å². The van der Waals surface area contributed by atoms with Gasteiger partial charge < -0.3 is 14.6 Å². The van der Waals surface area contributed by atoms with Crippen LogP contribution in [0, 0.1) is 0 Å². The Morgan fingerprint density at radius 3 is 2.78 bits per heavy atom. The van der Waals surface area contributed by atoms with Crippen LogP contribution in [0.3, 0.4) is 0 Å². The van der Waals surface area contributed by atoms with Crippen LogP contribution in [0.15, 0.2) is 12.3 Å². The van der Waals surface area contributed by atoms with Crippen LogP contribution >= 0.6 is 11.8 Å². The SMILES string of the molecule is COc1ccnc(CSC(C)CC(=O)O)c1OC. The molecule has 5 nitrogen and oxygen atoms in total. The lowest BCUT2D eigenvalue weighted by Gasteiger charge is -2.13. The number of carboxylic acids is 1. The van der Waals surface area contributed by atoms with Crippen LogP contribution in [-0.4, -0.2) is 35.5 Å². The Morgan fingerprint density at radius 2 is 2.22 bits per heavy atom. The highest BCUT2D eigenvalue weighted by atomic mass is 32.2. The summed E-state index contributed by atoms with van der Waals surface area (Å²) in [5.41, 5.74) is 0.763. The van der Waals surface area contributed by atoms with Gasteiger partial charge >= 0.3 is 5.97 Å². The molecule has 0 aliphatic heterocycles. The molecule has 0 bridgehead atoms. The third-order valence-electron chi connectivity index (χ3n) is 2.33. The zero-order valence-electron chi connectivity index (χ0n) is 10.7. The summed E-state index contributed by atoms with van der Waals surface area (Å²) in [6.45, 7) is 1.88. The minimum absolute atomic E-state index is 0.0280. The molecule has 1 aromatic rings. The van der Waals surface area contributed by atoms with Crippen LogP contribution in [0.25, 0.3) is 0 Å². The van der Waals surface area contributed by atoms with E-state index in [1.807, 2.05) is 6.92 Å². The highest BCUT2D eigenvalue weighted by Gasteiger charge is 2.14. The summed E-state index contributed by atoms with van der Waals surface area (Å²) in [6.07, 6.45) is 1.79. The number of aliphatic carboxylic acids is 1. The third kappa shape index (κ3) is 4.10. The Bertz CT molecular complexity index is 411. The molecule has 100 valence electrons. The maximum absolute atomic E-state index is 10.6. The van der Waals surface area contributed by atoms with E-state index < -0.39 is 5.97 Å². The molecule has 1 heterocycles. The monoisotopic (exact) mass is 271 g/mol. The number of pyridine rings is 1. The van der Waals surface area contributed by atoms with Gasteiger partial charge in [0.15, 0.2) is 11.5 Å². The van der Waals surface area contributed by atoms with Crippen molar-refractivity contribution in [1.82, 2.24) is 4.98 Å². The summed E-state index contributed by atoms with van der Waals surface area (Å²) in [7, 11) is 3.14. The van der Waals surface area contributed by atoms with E-state index in [0.29, 0.717) is 17.3 Å². The summed E-state index contributed by atoms with van der Waals surface area (Å²) in [5.74, 6) is 1.04. The molecule has 6 heteroatoms. The van der Waals surface area contributed by atoms with E-state index in [9.17, 15) is 4.79 Å². The second-order valence-electron chi connectivity index (χ2n) is 3.71. The molecule has 1 atom stereocenters. The van der Waals surface area contributed by atoms with Crippen LogP contribution in [0.1, 0.15) is 19.0 Å². The predicted octanol–water partition coefficient (Wildman–Crippen LogP) is 2.20. The normalized spacial score (nSPS) is 11.9. The van der Waals surface area contributed by atoms with E-state index >= 15 is 0 Å². The molecule has 0 fully saturated rings. The largest absolute Gasteiger partial charge is 0.493 e. The zero-order chi connectivity index (χ0) is 13.5. The van der Waals surface area contributed by atoms with Gasteiger partial charge in [0, 0.05) is 23.3 Å². The first-order chi connectivity index (χ1) is 8.58. The molecule has 1 aromatic heterocycles. The minimum Gasteiger partial charge on any atom is -0.493 e. The lowest BCUT2D eigenvalue weighted by Crippen LogP contribution is -2.06. The van der Waals surface area contributed by atoms with Crippen molar-refractivity contribution in [2.75, 3.05) is 14.2 Å². The fourth-order valence-electron chi connectivity index (χ4n) is 1.48. The number of ether oxygens (including phenoxy) is 2. The minimum atomic E-state index is -0.791. The molecule has 18 heavy (non-hydrogen) atoms. The van der Waals surface area contributed by atoms with E-state index in [1.54, 1.807) is 26.5 Å². The molecule has 0 saturated heterocycles. The van der Waals surface area contributed by atoms with Gasteiger partial charge in [-0.25, -0.2) is 0 Å². The Labute approximate surface area is 111 Å². The molecule has 0 saturated carbocycles. The molecular weight excluding hydrogens is 254 g/mol. The van der Waals surface area contributed by atoms with Crippen LogP contribution in [0.2, 0.25) is 0 Å². The number of carboxylic acid groups (broad SMARTS) is 1. The lowest BCUT2D eigenvalue weighted by molar-refractivity contribution is -0.136. The van der Waals surface area contributed by atoms with Crippen molar-refractivity contribution in [2.24, 2.45) is 0 Å². The van der Waals surface area contributed by atoms with E-state index in [4.69, 9.17) is 14.6 Å². The average molecular weight is 271 g/mol. The molecule has 0 spiro atoms. The van der Waals surface area contributed by atoms with Crippen LogP contribution in [0.4, 0.5) is 0 Å². The highest BCUT2D eigenvalue weighted by molar-refractivity contribution is 7.99. The number of hydrogen-bond acceptors (Lipinski definition) is 5. The number of nitrogens with zero attached hydrogens (tertiary/aromatic N) is 1. The average Bonchev–Trinajstić information content (AvgIpc) is 2.34. The Hall–Kier alpha value is -1.43. The first kappa shape index (κ1) is 14.6. The van der Waals surface area contributed by atoms with E-state index in [1.165, 1.54) is 11.8 Å². The van der Waals surface area contributed by atoms with Gasteiger partial charge in [0.2, 0.25) is 0 Å². The van der Waals surface area contributed by atoms with Crippen molar-refractivity contribution in [3.05, 3.63) is 18.0 Å². The zero-order valence-corrected chi connectivity index (χ0v) is 11.5. The molecule has 0 aromatic carbocycles. The molecule has 1 N–H and O–H groups in total. The van der Waals surface area contributed by atoms with Crippen molar-refractivity contribution in [1.29, 1.82) is 0 Å². The van der Waals surface area contributed by atoms with Crippen LogP contribution in [-0.2, 0) is 10.5 Å². The summed E-state index contributed by atoms with van der Waals surface area (Å²) < 4.78 is 10.4. The topological polar surface area (TPSA) is 68.7 Å². The van der Waals surface area contributed by atoms with Crippen molar-refractivity contribution in [2.45, 2.75) is 24.3 Å². The fraction of sp³-hybridized carbons (Fsp3) is 0.500. The van der Waals surface area contributed by atoms with Gasteiger partial charge in [-0.15, -0.1) is 0 Å². The number of rotatable bonds is 7. The molecular formula is C12H17NO4S. The van der Waals surface area contributed by atoms with Gasteiger partial charge in [-0.2, -0.15) is 11.8 Å². The third-order valence-corrected chi connectivity index (χ3v) is 3.51. The summed E-state index contributed by atoms with van der Waals surface area (Å²) in [6, 6.07) is 1.73. The van der Waals surface area contributed by atoms with Gasteiger partial charge in [-0.05, 0) is 0 Å². The van der Waals surface area contributed by atoms with Crippen molar-refractivity contribution in [3.63, 3.8) is 0 Å². The first-order valence-electron chi connectivity index (χ1n) is 5.47. The van der Waals surface area contributed by atoms with Crippen molar-refractivity contribution >= 4 is 17.7 Å². The molecule has 0 aliphatic rings. The Balaban J connectivity index is 2.69. The van der Waals surface area contributed by atoms with E-state index in [-0.39, 0.29) is 11.7 Å². The van der Waals surface area contributed by atoms with E-state index in [0.717, 1.165) is 5.69 Å². The molecule has 1 rings (SSSR count). The van der Waals surface area contributed by atoms with Crippen molar-refractivity contribution < 1.29 is 19.4 Å². The second kappa shape index (κ2) is 7.10. The molecule has 1 unspecified atom stereocenters. The maximum Gasteiger partial charge on any atom is 0.304 e. The molecule has 0 aliphatic carbocycles. The summed E-state index contributed by atoms with van der Waals surface area (Å²) in [4.78, 5) is 14.8. The predicted molar refractivity (Wildman–Crippen MR) is 70.4 cm³/mol. The van der Waals surface area contributed by atoms with Crippen LogP contribution < -0.4 is 9.47 Å². The summed E-state index contributed by atoms with van der Waals surface area (Å²) >= 11 is 1.53. The molecule has 0 amide bonds. The number of aromatic nitrogens is 1. The Kier molecular flexibility index (Phi) is 5.77. The van der Waals surface area contributed by atoms with Crippen LogP contribution in [0.5, 0.6) is 11.5 Å². The number of carbonyl (C=O) groups is 1. The lowest BCUT2D eigenvalue weighted by atomic mass is 10.3. The van der Waals surface area contributed by atoms with Crippen molar-refractivity contribution in [3.8, 4) is 11.5 Å². The quantitative estimate of drug-likeness (QED) is 0.820. The van der Waals surface area contributed by atoms with Gasteiger partial charge in [0.1, 0.15) is 0 Å². The number of hydrogen-bond donors (Lipinski definition) is 1. The fourth-order valence-corrected chi connectivity index (χ4v) is 2.39. The molecule has 0 radical (unpaired) electrons. The number of methoxy groups -OCH3 is 2. The van der Waals surface area contributed by atoms with Gasteiger partial charge in [-0.3, -0.25) is 9.78 Å². The number of thioether (sulfide) groups is 1. The van der Waals surface area contributed by atoms with Gasteiger partial charge in [0.05, 0.1) is 26.3 Å². The first-order valence-corrected chi connectivity index (χ1v) is 6.52. The highest BCUT2D eigenvalue weighted by Crippen LogP contribution is 2.32. The van der Waals surface area contributed by atoms with Gasteiger partial charge in [-0.1, -0.05) is 6.92 Å². The summed E-state index contributed by atoms with van der Waals surface area (Å²) in [5, 5.41) is 8.72. The van der Waals surface area contributed by atoms with E-state index in [2.05, 4.69) is 4.98 Å². The smallest absolute Gasteiger partial charge is 0.304 e.